The lowest BCUT2D eigenvalue weighted by Crippen LogP contribution is -2.16. The van der Waals surface area contributed by atoms with E-state index in [4.69, 9.17) is 11.6 Å². The van der Waals surface area contributed by atoms with Gasteiger partial charge in [-0.15, -0.1) is 11.6 Å². The molecule has 1 aliphatic carbocycles. The maximum atomic E-state index is 6.34. The highest BCUT2D eigenvalue weighted by Crippen LogP contribution is 2.29. The van der Waals surface area contributed by atoms with Crippen LogP contribution in [0.5, 0.6) is 0 Å². The van der Waals surface area contributed by atoms with E-state index < -0.39 is 0 Å². The fourth-order valence-corrected chi connectivity index (χ4v) is 2.62. The largest absolute Gasteiger partial charge is 0.123 e. The third-order valence-corrected chi connectivity index (χ3v) is 3.55. The zero-order valence-corrected chi connectivity index (χ0v) is 8.95. The van der Waals surface area contributed by atoms with Crippen LogP contribution in [0.15, 0.2) is 0 Å². The van der Waals surface area contributed by atoms with Gasteiger partial charge in [-0.3, -0.25) is 0 Å². The van der Waals surface area contributed by atoms with Crippen LogP contribution in [0, 0.1) is 5.92 Å². The molecular weight excluding hydrogens is 168 g/mol. The summed E-state index contributed by atoms with van der Waals surface area (Å²) in [6, 6.07) is 0. The Morgan fingerprint density at radius 3 is 2.42 bits per heavy atom. The van der Waals surface area contributed by atoms with Crippen LogP contribution < -0.4 is 0 Å². The molecular formula is C11H21Cl. The minimum atomic E-state index is 0.477. The maximum absolute atomic E-state index is 6.34. The number of alkyl halides is 1. The van der Waals surface area contributed by atoms with Crippen molar-refractivity contribution in [2.24, 2.45) is 5.92 Å². The zero-order valence-electron chi connectivity index (χ0n) is 8.19. The van der Waals surface area contributed by atoms with Crippen molar-refractivity contribution in [3.63, 3.8) is 0 Å². The topological polar surface area (TPSA) is 0 Å². The lowest BCUT2D eigenvalue weighted by Gasteiger charge is -2.24. The average molecular weight is 189 g/mol. The molecule has 0 radical (unpaired) electrons. The number of rotatable bonds is 2. The predicted molar refractivity (Wildman–Crippen MR) is 55.7 cm³/mol. The second kappa shape index (κ2) is 5.85. The SMILES string of the molecule is CCCC1CCCCCCC1Cl. The summed E-state index contributed by atoms with van der Waals surface area (Å²) in [6.07, 6.45) is 10.9. The van der Waals surface area contributed by atoms with Crippen molar-refractivity contribution in [1.29, 1.82) is 0 Å². The molecule has 2 atom stereocenters. The Morgan fingerprint density at radius 1 is 1.08 bits per heavy atom. The van der Waals surface area contributed by atoms with Gasteiger partial charge in [-0.2, -0.15) is 0 Å². The van der Waals surface area contributed by atoms with E-state index in [1.165, 1.54) is 51.4 Å². The van der Waals surface area contributed by atoms with E-state index in [0.29, 0.717) is 5.38 Å². The van der Waals surface area contributed by atoms with Crippen molar-refractivity contribution in [3.8, 4) is 0 Å². The summed E-state index contributed by atoms with van der Waals surface area (Å²) in [5, 5.41) is 0.477. The summed E-state index contributed by atoms with van der Waals surface area (Å²) in [4.78, 5) is 0. The van der Waals surface area contributed by atoms with Crippen molar-refractivity contribution >= 4 is 11.6 Å². The van der Waals surface area contributed by atoms with Crippen molar-refractivity contribution in [2.45, 2.75) is 63.7 Å². The highest BCUT2D eigenvalue weighted by Gasteiger charge is 2.19. The third-order valence-electron chi connectivity index (χ3n) is 2.98. The van der Waals surface area contributed by atoms with Crippen LogP contribution >= 0.6 is 11.6 Å². The van der Waals surface area contributed by atoms with Crippen LogP contribution in [-0.2, 0) is 0 Å². The second-order valence-electron chi connectivity index (χ2n) is 4.06. The fourth-order valence-electron chi connectivity index (χ4n) is 2.21. The molecule has 1 fully saturated rings. The van der Waals surface area contributed by atoms with Crippen molar-refractivity contribution in [3.05, 3.63) is 0 Å². The molecule has 1 heteroatoms. The van der Waals surface area contributed by atoms with Gasteiger partial charge in [0.25, 0.3) is 0 Å². The molecule has 0 saturated heterocycles. The minimum absolute atomic E-state index is 0.477. The van der Waals surface area contributed by atoms with Crippen LogP contribution in [0.4, 0.5) is 0 Å². The first kappa shape index (κ1) is 10.4. The Morgan fingerprint density at radius 2 is 1.75 bits per heavy atom. The summed E-state index contributed by atoms with van der Waals surface area (Å²) in [5.41, 5.74) is 0. The van der Waals surface area contributed by atoms with E-state index >= 15 is 0 Å². The molecule has 1 aliphatic rings. The Labute approximate surface area is 81.7 Å². The lowest BCUT2D eigenvalue weighted by molar-refractivity contribution is 0.362. The zero-order chi connectivity index (χ0) is 8.81. The molecule has 0 amide bonds. The van der Waals surface area contributed by atoms with Crippen LogP contribution in [0.25, 0.3) is 0 Å². The normalized spacial score (nSPS) is 32.5. The van der Waals surface area contributed by atoms with E-state index in [1.54, 1.807) is 0 Å². The van der Waals surface area contributed by atoms with Gasteiger partial charge >= 0.3 is 0 Å². The summed E-state index contributed by atoms with van der Waals surface area (Å²) < 4.78 is 0. The molecule has 12 heavy (non-hydrogen) atoms. The monoisotopic (exact) mass is 188 g/mol. The van der Waals surface area contributed by atoms with E-state index in [1.807, 2.05) is 0 Å². The molecule has 0 heterocycles. The predicted octanol–water partition coefficient (Wildman–Crippen LogP) is 4.36. The maximum Gasteiger partial charge on any atom is 0.0364 e. The van der Waals surface area contributed by atoms with Crippen molar-refractivity contribution in [2.75, 3.05) is 0 Å². The fraction of sp³-hybridized carbons (Fsp3) is 1.00. The van der Waals surface area contributed by atoms with Crippen molar-refractivity contribution in [1.82, 2.24) is 0 Å². The van der Waals surface area contributed by atoms with Gasteiger partial charge in [0.1, 0.15) is 0 Å². The summed E-state index contributed by atoms with van der Waals surface area (Å²) in [5.74, 6) is 0.817. The number of halogens is 1. The molecule has 1 rings (SSSR count). The van der Waals surface area contributed by atoms with Gasteiger partial charge in [0.05, 0.1) is 0 Å². The average Bonchev–Trinajstić information content (AvgIpc) is 2.05. The molecule has 72 valence electrons. The van der Waals surface area contributed by atoms with E-state index in [-0.39, 0.29) is 0 Å². The summed E-state index contributed by atoms with van der Waals surface area (Å²) in [7, 11) is 0. The smallest absolute Gasteiger partial charge is 0.0364 e. The molecule has 1 saturated carbocycles. The number of hydrogen-bond donors (Lipinski definition) is 0. The Hall–Kier alpha value is 0.290. The summed E-state index contributed by atoms with van der Waals surface area (Å²) >= 11 is 6.34. The molecule has 0 spiro atoms. The molecule has 0 aliphatic heterocycles. The molecule has 0 N–H and O–H groups in total. The van der Waals surface area contributed by atoms with Gasteiger partial charge in [-0.25, -0.2) is 0 Å². The second-order valence-corrected chi connectivity index (χ2v) is 4.62. The summed E-state index contributed by atoms with van der Waals surface area (Å²) in [6.45, 7) is 2.27. The number of hydrogen-bond acceptors (Lipinski definition) is 0. The first-order valence-electron chi connectivity index (χ1n) is 5.48. The Balaban J connectivity index is 2.32. The van der Waals surface area contributed by atoms with Crippen LogP contribution in [0.1, 0.15) is 58.3 Å². The van der Waals surface area contributed by atoms with Gasteiger partial charge < -0.3 is 0 Å². The van der Waals surface area contributed by atoms with Gasteiger partial charge in [0, 0.05) is 5.38 Å². The minimum Gasteiger partial charge on any atom is -0.123 e. The molecule has 0 bridgehead atoms. The molecule has 0 aromatic carbocycles. The molecule has 0 nitrogen and oxygen atoms in total. The van der Waals surface area contributed by atoms with E-state index in [0.717, 1.165) is 5.92 Å². The van der Waals surface area contributed by atoms with Gasteiger partial charge in [0.2, 0.25) is 0 Å². The quantitative estimate of drug-likeness (QED) is 0.565. The Kier molecular flexibility index (Phi) is 5.06. The third kappa shape index (κ3) is 3.35. The molecule has 0 aromatic rings. The standard InChI is InChI=1S/C11H21Cl/c1-2-7-10-8-5-3-4-6-9-11(10)12/h10-11H,2-9H2,1H3. The Bertz CT molecular complexity index is 112. The van der Waals surface area contributed by atoms with Crippen LogP contribution in [0.3, 0.4) is 0 Å². The first-order chi connectivity index (χ1) is 5.84. The lowest BCUT2D eigenvalue weighted by atomic mass is 9.88. The van der Waals surface area contributed by atoms with Gasteiger partial charge in [-0.05, 0) is 25.2 Å². The van der Waals surface area contributed by atoms with Crippen molar-refractivity contribution < 1.29 is 0 Å². The van der Waals surface area contributed by atoms with Crippen LogP contribution in [-0.4, -0.2) is 5.38 Å². The highest BCUT2D eigenvalue weighted by atomic mass is 35.5. The van der Waals surface area contributed by atoms with Gasteiger partial charge in [-0.1, -0.05) is 39.0 Å². The molecule has 0 aromatic heterocycles. The van der Waals surface area contributed by atoms with Crippen LogP contribution in [0.2, 0.25) is 0 Å². The van der Waals surface area contributed by atoms with Gasteiger partial charge in [0.15, 0.2) is 0 Å². The van der Waals surface area contributed by atoms with E-state index in [2.05, 4.69) is 6.92 Å². The molecule has 2 unspecified atom stereocenters. The highest BCUT2D eigenvalue weighted by molar-refractivity contribution is 6.20. The van der Waals surface area contributed by atoms with E-state index in [9.17, 15) is 0 Å². The first-order valence-corrected chi connectivity index (χ1v) is 5.92.